The van der Waals surface area contributed by atoms with Crippen molar-refractivity contribution >= 4 is 5.91 Å². The van der Waals surface area contributed by atoms with Gasteiger partial charge in [-0.25, -0.2) is 0 Å². The lowest BCUT2D eigenvalue weighted by molar-refractivity contribution is -0.130. The first-order chi connectivity index (χ1) is 9.72. The molecule has 2 fully saturated rings. The van der Waals surface area contributed by atoms with Crippen LogP contribution >= 0.6 is 0 Å². The lowest BCUT2D eigenvalue weighted by Gasteiger charge is -2.37. The molecule has 1 aromatic carbocycles. The summed E-state index contributed by atoms with van der Waals surface area (Å²) >= 11 is 0. The van der Waals surface area contributed by atoms with Crippen LogP contribution in [0.4, 0.5) is 0 Å². The summed E-state index contributed by atoms with van der Waals surface area (Å²) in [4.78, 5) is 16.5. The summed E-state index contributed by atoms with van der Waals surface area (Å²) in [5.41, 5.74) is 7.25. The quantitative estimate of drug-likeness (QED) is 0.900. The fraction of sp³-hybridized carbons (Fsp3) is 0.562. The highest BCUT2D eigenvalue weighted by molar-refractivity contribution is 5.79. The van der Waals surface area contributed by atoms with Crippen molar-refractivity contribution < 1.29 is 4.79 Å². The van der Waals surface area contributed by atoms with Gasteiger partial charge in [0.15, 0.2) is 0 Å². The molecule has 4 heteroatoms. The van der Waals surface area contributed by atoms with Crippen LogP contribution in [-0.4, -0.2) is 47.4 Å². The van der Waals surface area contributed by atoms with E-state index in [4.69, 9.17) is 5.73 Å². The van der Waals surface area contributed by atoms with E-state index in [9.17, 15) is 4.79 Å². The summed E-state index contributed by atoms with van der Waals surface area (Å²) in [5.74, 6) is 0.240. The van der Waals surface area contributed by atoms with Crippen molar-refractivity contribution in [3.63, 3.8) is 0 Å². The van der Waals surface area contributed by atoms with E-state index >= 15 is 0 Å². The van der Waals surface area contributed by atoms with Gasteiger partial charge in [0.25, 0.3) is 0 Å². The fourth-order valence-corrected chi connectivity index (χ4v) is 3.38. The molecule has 2 unspecified atom stereocenters. The highest BCUT2D eigenvalue weighted by Gasteiger charge is 2.34. The first kappa shape index (κ1) is 13.6. The zero-order chi connectivity index (χ0) is 13.9. The molecular weight excluding hydrogens is 250 g/mol. The molecule has 2 N–H and O–H groups in total. The Labute approximate surface area is 120 Å². The molecule has 2 saturated heterocycles. The Kier molecular flexibility index (Phi) is 4.03. The second-order valence-corrected chi connectivity index (χ2v) is 6.03. The minimum atomic E-state index is 0.0343. The number of rotatable bonds is 3. The van der Waals surface area contributed by atoms with E-state index in [1.54, 1.807) is 0 Å². The normalized spacial score (nSPS) is 28.1. The van der Waals surface area contributed by atoms with E-state index < -0.39 is 0 Å². The van der Waals surface area contributed by atoms with Crippen molar-refractivity contribution in [2.24, 2.45) is 5.73 Å². The van der Waals surface area contributed by atoms with Gasteiger partial charge in [-0.2, -0.15) is 0 Å². The second-order valence-electron chi connectivity index (χ2n) is 6.03. The molecule has 0 aliphatic carbocycles. The van der Waals surface area contributed by atoms with Gasteiger partial charge in [-0.15, -0.1) is 0 Å². The van der Waals surface area contributed by atoms with E-state index in [0.717, 1.165) is 39.0 Å². The maximum atomic E-state index is 12.0. The Morgan fingerprint density at radius 1 is 1.20 bits per heavy atom. The summed E-state index contributed by atoms with van der Waals surface area (Å²) in [6.45, 7) is 3.82. The average Bonchev–Trinajstić information content (AvgIpc) is 2.79. The van der Waals surface area contributed by atoms with E-state index in [2.05, 4.69) is 29.2 Å². The van der Waals surface area contributed by atoms with Crippen molar-refractivity contribution in [3.8, 4) is 0 Å². The first-order valence-corrected chi connectivity index (χ1v) is 7.53. The highest BCUT2D eigenvalue weighted by Crippen LogP contribution is 2.22. The zero-order valence-corrected chi connectivity index (χ0v) is 11.9. The molecule has 0 spiro atoms. The summed E-state index contributed by atoms with van der Waals surface area (Å²) in [6, 6.07) is 10.9. The molecule has 0 saturated carbocycles. The molecule has 20 heavy (non-hydrogen) atoms. The zero-order valence-electron chi connectivity index (χ0n) is 11.9. The van der Waals surface area contributed by atoms with Gasteiger partial charge in [-0.1, -0.05) is 30.3 Å². The third kappa shape index (κ3) is 3.02. The predicted molar refractivity (Wildman–Crippen MR) is 79.0 cm³/mol. The molecule has 2 aliphatic rings. The summed E-state index contributed by atoms with van der Waals surface area (Å²) in [5, 5.41) is 0. The van der Waals surface area contributed by atoms with Crippen molar-refractivity contribution in [1.82, 2.24) is 9.80 Å². The number of carbonyl (C=O) groups excluding carboxylic acids is 1. The van der Waals surface area contributed by atoms with Gasteiger partial charge in [-0.05, 0) is 24.9 Å². The number of amides is 1. The minimum absolute atomic E-state index is 0.0343. The SMILES string of the molecule is NC1CC(=O)N(C2CCCN(Cc3ccccc3)C2)C1. The molecule has 4 nitrogen and oxygen atoms in total. The molecule has 108 valence electrons. The molecule has 2 aliphatic heterocycles. The van der Waals surface area contributed by atoms with Gasteiger partial charge >= 0.3 is 0 Å². The topological polar surface area (TPSA) is 49.6 Å². The minimum Gasteiger partial charge on any atom is -0.337 e. The third-order valence-corrected chi connectivity index (χ3v) is 4.36. The Balaban J connectivity index is 1.61. The van der Waals surface area contributed by atoms with Crippen molar-refractivity contribution in [3.05, 3.63) is 35.9 Å². The predicted octanol–water partition coefficient (Wildman–Crippen LogP) is 1.21. The second kappa shape index (κ2) is 5.94. The monoisotopic (exact) mass is 273 g/mol. The van der Waals surface area contributed by atoms with E-state index in [-0.39, 0.29) is 11.9 Å². The summed E-state index contributed by atoms with van der Waals surface area (Å²) in [7, 11) is 0. The summed E-state index contributed by atoms with van der Waals surface area (Å²) < 4.78 is 0. The van der Waals surface area contributed by atoms with Gasteiger partial charge in [0.1, 0.15) is 0 Å². The third-order valence-electron chi connectivity index (χ3n) is 4.36. The number of piperidine rings is 1. The molecular formula is C16H23N3O. The fourth-order valence-electron chi connectivity index (χ4n) is 3.38. The number of benzene rings is 1. The maximum Gasteiger partial charge on any atom is 0.224 e. The van der Waals surface area contributed by atoms with Crippen LogP contribution in [0.2, 0.25) is 0 Å². The number of likely N-dealkylation sites (tertiary alicyclic amines) is 2. The van der Waals surface area contributed by atoms with Crippen LogP contribution in [0.3, 0.4) is 0 Å². The van der Waals surface area contributed by atoms with Crippen LogP contribution < -0.4 is 5.73 Å². The largest absolute Gasteiger partial charge is 0.337 e. The molecule has 1 aromatic rings. The molecule has 3 rings (SSSR count). The molecule has 1 amide bonds. The van der Waals surface area contributed by atoms with E-state index in [1.165, 1.54) is 5.56 Å². The van der Waals surface area contributed by atoms with Crippen molar-refractivity contribution in [2.75, 3.05) is 19.6 Å². The van der Waals surface area contributed by atoms with E-state index in [1.807, 2.05) is 11.0 Å². The first-order valence-electron chi connectivity index (χ1n) is 7.53. The van der Waals surface area contributed by atoms with Gasteiger partial charge in [0, 0.05) is 38.1 Å². The smallest absolute Gasteiger partial charge is 0.224 e. The Bertz CT molecular complexity index is 462. The average molecular weight is 273 g/mol. The van der Waals surface area contributed by atoms with Crippen LogP contribution in [0.1, 0.15) is 24.8 Å². The van der Waals surface area contributed by atoms with Gasteiger partial charge in [-0.3, -0.25) is 9.69 Å². The lowest BCUT2D eigenvalue weighted by Crippen LogP contribution is -2.48. The number of nitrogens with zero attached hydrogens (tertiary/aromatic N) is 2. The Morgan fingerprint density at radius 2 is 2.00 bits per heavy atom. The lowest BCUT2D eigenvalue weighted by atomic mass is 10.0. The van der Waals surface area contributed by atoms with Crippen LogP contribution in [-0.2, 0) is 11.3 Å². The number of hydrogen-bond donors (Lipinski definition) is 1. The van der Waals surface area contributed by atoms with Crippen LogP contribution in [0.15, 0.2) is 30.3 Å². The van der Waals surface area contributed by atoms with Gasteiger partial charge < -0.3 is 10.6 Å². The Hall–Kier alpha value is -1.39. The van der Waals surface area contributed by atoms with Gasteiger partial charge in [0.2, 0.25) is 5.91 Å². The molecule has 2 atom stereocenters. The van der Waals surface area contributed by atoms with Crippen molar-refractivity contribution in [1.29, 1.82) is 0 Å². The van der Waals surface area contributed by atoms with E-state index in [0.29, 0.717) is 12.5 Å². The molecule has 0 bridgehead atoms. The standard InChI is InChI=1S/C16H23N3O/c17-14-9-16(20)19(11-14)15-7-4-8-18(12-15)10-13-5-2-1-3-6-13/h1-3,5-6,14-15H,4,7-12,17H2. The van der Waals surface area contributed by atoms with Crippen LogP contribution in [0, 0.1) is 0 Å². The number of carbonyl (C=O) groups is 1. The highest BCUT2D eigenvalue weighted by atomic mass is 16.2. The van der Waals surface area contributed by atoms with Crippen LogP contribution in [0.25, 0.3) is 0 Å². The van der Waals surface area contributed by atoms with Crippen LogP contribution in [0.5, 0.6) is 0 Å². The molecule has 0 radical (unpaired) electrons. The molecule has 2 heterocycles. The number of nitrogens with two attached hydrogens (primary N) is 1. The maximum absolute atomic E-state index is 12.0. The van der Waals surface area contributed by atoms with Gasteiger partial charge in [0.05, 0.1) is 0 Å². The summed E-state index contributed by atoms with van der Waals surface area (Å²) in [6.07, 6.45) is 2.80. The molecule has 0 aromatic heterocycles. The number of hydrogen-bond acceptors (Lipinski definition) is 3. The Morgan fingerprint density at radius 3 is 2.70 bits per heavy atom. The van der Waals surface area contributed by atoms with Crippen molar-refractivity contribution in [2.45, 2.75) is 37.9 Å².